The largest absolute Gasteiger partial charge is 0.486 e. The van der Waals surface area contributed by atoms with Gasteiger partial charge in [0.15, 0.2) is 11.5 Å². The number of amides is 1. The molecule has 20 heavy (non-hydrogen) atoms. The molecule has 1 atom stereocenters. The van der Waals surface area contributed by atoms with E-state index in [-0.39, 0.29) is 11.9 Å². The smallest absolute Gasteiger partial charge is 0.254 e. The minimum atomic E-state index is -0.0777. The van der Waals surface area contributed by atoms with E-state index in [0.29, 0.717) is 55.9 Å². The molecule has 0 bridgehead atoms. The number of ether oxygens (including phenoxy) is 3. The summed E-state index contributed by atoms with van der Waals surface area (Å²) in [5, 5.41) is 0. The van der Waals surface area contributed by atoms with Crippen LogP contribution >= 0.6 is 11.6 Å². The predicted molar refractivity (Wildman–Crippen MR) is 73.8 cm³/mol. The lowest BCUT2D eigenvalue weighted by Crippen LogP contribution is -2.49. The zero-order chi connectivity index (χ0) is 13.9. The highest BCUT2D eigenvalue weighted by Gasteiger charge is 2.28. The molecular weight excluding hydrogens is 282 g/mol. The molecule has 108 valence electrons. The number of hydrogen-bond acceptors (Lipinski definition) is 4. The second kappa shape index (κ2) is 5.89. The van der Waals surface area contributed by atoms with Gasteiger partial charge in [-0.3, -0.25) is 4.79 Å². The van der Waals surface area contributed by atoms with Gasteiger partial charge in [-0.15, -0.1) is 11.6 Å². The Balaban J connectivity index is 1.82. The SMILES string of the molecule is O=C(c1ccc2c(c1)OCCO2)N1CCOCC1CCl. The molecule has 2 aliphatic rings. The molecule has 1 aromatic carbocycles. The van der Waals surface area contributed by atoms with Gasteiger partial charge >= 0.3 is 0 Å². The van der Waals surface area contributed by atoms with Gasteiger partial charge in [-0.25, -0.2) is 0 Å². The van der Waals surface area contributed by atoms with Crippen LogP contribution in [0.5, 0.6) is 11.5 Å². The summed E-state index contributed by atoms with van der Waals surface area (Å²) >= 11 is 5.90. The van der Waals surface area contributed by atoms with E-state index in [1.54, 1.807) is 23.1 Å². The van der Waals surface area contributed by atoms with Gasteiger partial charge in [-0.05, 0) is 18.2 Å². The Bertz CT molecular complexity index is 508. The van der Waals surface area contributed by atoms with Gasteiger partial charge in [0, 0.05) is 18.0 Å². The fourth-order valence-electron chi connectivity index (χ4n) is 2.39. The number of carbonyl (C=O) groups is 1. The van der Waals surface area contributed by atoms with Crippen molar-refractivity contribution >= 4 is 17.5 Å². The first-order valence-electron chi connectivity index (χ1n) is 6.64. The second-order valence-corrected chi connectivity index (χ2v) is 5.05. The summed E-state index contributed by atoms with van der Waals surface area (Å²) in [4.78, 5) is 14.3. The fraction of sp³-hybridized carbons (Fsp3) is 0.500. The maximum atomic E-state index is 12.6. The molecule has 1 amide bonds. The Morgan fingerprint density at radius 1 is 1.25 bits per heavy atom. The van der Waals surface area contributed by atoms with E-state index in [4.69, 9.17) is 25.8 Å². The lowest BCUT2D eigenvalue weighted by atomic mass is 10.1. The summed E-state index contributed by atoms with van der Waals surface area (Å²) in [6.07, 6.45) is 0. The number of hydrogen-bond donors (Lipinski definition) is 0. The van der Waals surface area contributed by atoms with E-state index in [2.05, 4.69) is 0 Å². The zero-order valence-electron chi connectivity index (χ0n) is 11.0. The van der Waals surface area contributed by atoms with Crippen LogP contribution in [0.15, 0.2) is 18.2 Å². The van der Waals surface area contributed by atoms with Crippen molar-refractivity contribution in [3.05, 3.63) is 23.8 Å². The highest BCUT2D eigenvalue weighted by Crippen LogP contribution is 2.31. The van der Waals surface area contributed by atoms with Gasteiger partial charge in [0.1, 0.15) is 13.2 Å². The van der Waals surface area contributed by atoms with Crippen LogP contribution in [0, 0.1) is 0 Å². The molecule has 1 fully saturated rings. The lowest BCUT2D eigenvalue weighted by Gasteiger charge is -2.34. The number of morpholine rings is 1. The number of fused-ring (bicyclic) bond motifs is 1. The number of rotatable bonds is 2. The van der Waals surface area contributed by atoms with Crippen LogP contribution in [0.2, 0.25) is 0 Å². The molecule has 2 aliphatic heterocycles. The number of benzene rings is 1. The van der Waals surface area contributed by atoms with Gasteiger partial charge in [-0.1, -0.05) is 0 Å². The normalized spacial score (nSPS) is 21.6. The average molecular weight is 298 g/mol. The summed E-state index contributed by atoms with van der Waals surface area (Å²) in [5.41, 5.74) is 0.589. The molecule has 0 N–H and O–H groups in total. The fourth-order valence-corrected chi connectivity index (χ4v) is 2.65. The monoisotopic (exact) mass is 297 g/mol. The van der Waals surface area contributed by atoms with Crippen LogP contribution < -0.4 is 9.47 Å². The Hall–Kier alpha value is -1.46. The summed E-state index contributed by atoms with van der Waals surface area (Å²) < 4.78 is 16.3. The van der Waals surface area contributed by atoms with Crippen molar-refractivity contribution in [3.63, 3.8) is 0 Å². The van der Waals surface area contributed by atoms with Crippen molar-refractivity contribution in [1.82, 2.24) is 4.90 Å². The molecule has 3 rings (SSSR count). The van der Waals surface area contributed by atoms with Crippen molar-refractivity contribution in [2.75, 3.05) is 38.9 Å². The highest BCUT2D eigenvalue weighted by atomic mass is 35.5. The van der Waals surface area contributed by atoms with Crippen LogP contribution in [0.4, 0.5) is 0 Å². The van der Waals surface area contributed by atoms with E-state index < -0.39 is 0 Å². The Morgan fingerprint density at radius 2 is 2.05 bits per heavy atom. The third kappa shape index (κ3) is 2.55. The van der Waals surface area contributed by atoms with Gasteiger partial charge in [0.25, 0.3) is 5.91 Å². The van der Waals surface area contributed by atoms with E-state index >= 15 is 0 Å². The van der Waals surface area contributed by atoms with Crippen molar-refractivity contribution in [2.24, 2.45) is 0 Å². The third-order valence-corrected chi connectivity index (χ3v) is 3.81. The molecule has 0 aliphatic carbocycles. The summed E-state index contributed by atoms with van der Waals surface area (Å²) in [6.45, 7) is 2.64. The first-order valence-corrected chi connectivity index (χ1v) is 7.17. The first-order chi connectivity index (χ1) is 9.79. The highest BCUT2D eigenvalue weighted by molar-refractivity contribution is 6.18. The van der Waals surface area contributed by atoms with Crippen molar-refractivity contribution < 1.29 is 19.0 Å². The number of nitrogens with zero attached hydrogens (tertiary/aromatic N) is 1. The molecule has 6 heteroatoms. The van der Waals surface area contributed by atoms with Gasteiger partial charge in [0.05, 0.1) is 19.3 Å². The minimum absolute atomic E-state index is 0.0454. The van der Waals surface area contributed by atoms with E-state index in [9.17, 15) is 4.79 Å². The molecule has 1 aromatic rings. The average Bonchev–Trinajstić information content (AvgIpc) is 2.53. The van der Waals surface area contributed by atoms with Gasteiger partial charge in [0.2, 0.25) is 0 Å². The summed E-state index contributed by atoms with van der Waals surface area (Å²) in [7, 11) is 0. The molecular formula is C14H16ClNO4. The van der Waals surface area contributed by atoms with E-state index in [0.717, 1.165) is 0 Å². The molecule has 1 unspecified atom stereocenters. The maximum Gasteiger partial charge on any atom is 0.254 e. The molecule has 1 saturated heterocycles. The van der Waals surface area contributed by atoms with E-state index in [1.807, 2.05) is 0 Å². The molecule has 0 radical (unpaired) electrons. The Labute approximate surface area is 122 Å². The molecule has 2 heterocycles. The molecule has 0 spiro atoms. The van der Waals surface area contributed by atoms with Gasteiger partial charge < -0.3 is 19.1 Å². The van der Waals surface area contributed by atoms with Crippen LogP contribution in [-0.2, 0) is 4.74 Å². The van der Waals surface area contributed by atoms with Crippen LogP contribution in [-0.4, -0.2) is 55.7 Å². The van der Waals surface area contributed by atoms with Gasteiger partial charge in [-0.2, -0.15) is 0 Å². The molecule has 0 saturated carbocycles. The number of alkyl halides is 1. The van der Waals surface area contributed by atoms with E-state index in [1.165, 1.54) is 0 Å². The number of halogens is 1. The Kier molecular flexibility index (Phi) is 3.98. The standard InChI is InChI=1S/C14H16ClNO4/c15-8-11-9-18-4-3-16(11)14(17)10-1-2-12-13(7-10)20-6-5-19-12/h1-2,7,11H,3-6,8-9H2. The van der Waals surface area contributed by atoms with Crippen molar-refractivity contribution in [3.8, 4) is 11.5 Å². The predicted octanol–water partition coefficient (Wildman–Crippen LogP) is 1.54. The molecule has 5 nitrogen and oxygen atoms in total. The summed E-state index contributed by atoms with van der Waals surface area (Å²) in [5.74, 6) is 1.63. The molecule has 0 aromatic heterocycles. The van der Waals surface area contributed by atoms with Crippen molar-refractivity contribution in [1.29, 1.82) is 0 Å². The third-order valence-electron chi connectivity index (χ3n) is 3.46. The maximum absolute atomic E-state index is 12.6. The minimum Gasteiger partial charge on any atom is -0.486 e. The van der Waals surface area contributed by atoms with Crippen LogP contribution in [0.25, 0.3) is 0 Å². The quantitative estimate of drug-likeness (QED) is 0.777. The van der Waals surface area contributed by atoms with Crippen LogP contribution in [0.3, 0.4) is 0 Å². The van der Waals surface area contributed by atoms with Crippen molar-refractivity contribution in [2.45, 2.75) is 6.04 Å². The topological polar surface area (TPSA) is 48.0 Å². The first kappa shape index (κ1) is 13.5. The second-order valence-electron chi connectivity index (χ2n) is 4.74. The Morgan fingerprint density at radius 3 is 2.85 bits per heavy atom. The summed E-state index contributed by atoms with van der Waals surface area (Å²) in [6, 6.07) is 5.19. The zero-order valence-corrected chi connectivity index (χ0v) is 11.8. The number of carbonyl (C=O) groups excluding carboxylic acids is 1. The van der Waals surface area contributed by atoms with Crippen LogP contribution in [0.1, 0.15) is 10.4 Å². The lowest BCUT2D eigenvalue weighted by molar-refractivity contribution is 0.00453.